The smallest absolute Gasteiger partial charge is 0.0979 e. The Balaban J connectivity index is 1.02. The van der Waals surface area contributed by atoms with E-state index in [0.717, 1.165) is 38.8 Å². The molecule has 1 aliphatic carbocycles. The molecule has 4 heteroatoms. The van der Waals surface area contributed by atoms with Crippen LogP contribution in [-0.4, -0.2) is 19.1 Å². The Hall–Kier alpha value is -7.56. The number of hydrogen-bond donors (Lipinski definition) is 0. The molecule has 0 amide bonds. The fourth-order valence-electron chi connectivity index (χ4n) is 10.5. The highest BCUT2D eigenvalue weighted by atomic mass is 15.0. The quantitative estimate of drug-likeness (QED) is 0.169. The average Bonchev–Trinajstić information content (AvgIpc) is 3.89. The molecule has 0 unspecified atom stereocenters. The van der Waals surface area contributed by atoms with Gasteiger partial charge < -0.3 is 9.13 Å². The number of nitrogens with zero attached hydrogens (tertiary/aromatic N) is 4. The second-order valence-electron chi connectivity index (χ2n) is 16.6. The predicted octanol–water partition coefficient (Wildman–Crippen LogP) is 14.1. The molecular weight excluding hydrogens is 717 g/mol. The van der Waals surface area contributed by atoms with Gasteiger partial charge in [-0.05, 0) is 81.6 Å². The van der Waals surface area contributed by atoms with Crippen LogP contribution in [0.25, 0.3) is 110 Å². The molecule has 13 rings (SSSR count). The van der Waals surface area contributed by atoms with Gasteiger partial charge in [0.2, 0.25) is 0 Å². The van der Waals surface area contributed by atoms with Gasteiger partial charge in [-0.15, -0.1) is 0 Å². The van der Waals surface area contributed by atoms with Crippen LogP contribution >= 0.6 is 0 Å². The number of benzene rings is 9. The summed E-state index contributed by atoms with van der Waals surface area (Å²) < 4.78 is 4.90. The van der Waals surface area contributed by atoms with Gasteiger partial charge in [-0.2, -0.15) is 0 Å². The topological polar surface area (TPSA) is 35.6 Å². The molecule has 276 valence electrons. The van der Waals surface area contributed by atoms with Gasteiger partial charge in [0.1, 0.15) is 0 Å². The fourth-order valence-corrected chi connectivity index (χ4v) is 10.5. The zero-order valence-electron chi connectivity index (χ0n) is 32.6. The zero-order valence-corrected chi connectivity index (χ0v) is 32.6. The van der Waals surface area contributed by atoms with Crippen molar-refractivity contribution in [3.05, 3.63) is 193 Å². The molecule has 59 heavy (non-hydrogen) atoms. The average molecular weight is 753 g/mol. The maximum absolute atomic E-state index is 5.35. The highest BCUT2D eigenvalue weighted by Crippen LogP contribution is 2.50. The van der Waals surface area contributed by atoms with Crippen molar-refractivity contribution < 1.29 is 0 Å². The first-order chi connectivity index (χ1) is 29.0. The van der Waals surface area contributed by atoms with E-state index in [9.17, 15) is 0 Å². The van der Waals surface area contributed by atoms with E-state index in [1.54, 1.807) is 0 Å². The van der Waals surface area contributed by atoms with E-state index in [-0.39, 0.29) is 5.41 Å². The molecule has 4 nitrogen and oxygen atoms in total. The largest absolute Gasteiger partial charge is 0.309 e. The van der Waals surface area contributed by atoms with Crippen molar-refractivity contribution in [1.82, 2.24) is 19.1 Å². The molecule has 1 aliphatic rings. The maximum atomic E-state index is 5.35. The van der Waals surface area contributed by atoms with E-state index in [2.05, 4.69) is 199 Å². The van der Waals surface area contributed by atoms with Crippen molar-refractivity contribution in [1.29, 1.82) is 0 Å². The van der Waals surface area contributed by atoms with E-state index in [1.165, 1.54) is 82.3 Å². The Morgan fingerprint density at radius 2 is 0.949 bits per heavy atom. The highest BCUT2D eigenvalue weighted by Gasteiger charge is 2.35. The third kappa shape index (κ3) is 4.38. The van der Waals surface area contributed by atoms with Crippen LogP contribution in [0.2, 0.25) is 0 Å². The lowest BCUT2D eigenvalue weighted by Gasteiger charge is -2.22. The number of fused-ring (bicyclic) bond motifs is 16. The summed E-state index contributed by atoms with van der Waals surface area (Å²) in [6.45, 7) is 4.72. The molecule has 0 bridgehead atoms. The molecule has 0 spiro atoms. The van der Waals surface area contributed by atoms with Gasteiger partial charge in [-0.25, -0.2) is 4.98 Å². The summed E-state index contributed by atoms with van der Waals surface area (Å²) in [5, 5.41) is 9.64. The molecule has 0 saturated carbocycles. The molecule has 3 aromatic heterocycles. The summed E-state index contributed by atoms with van der Waals surface area (Å²) in [6.07, 6.45) is 1.94. The second-order valence-corrected chi connectivity index (χ2v) is 16.6. The van der Waals surface area contributed by atoms with E-state index in [0.29, 0.717) is 0 Å². The van der Waals surface area contributed by atoms with Crippen molar-refractivity contribution >= 4 is 76.2 Å². The van der Waals surface area contributed by atoms with Crippen LogP contribution in [0.1, 0.15) is 25.0 Å². The SMILES string of the molecule is CC1(C)c2ccccc2-c2ccc(-n3c4ccccc4c4c5c6ccccc6n(-c6cccc(-c7cnc8c9ccccc9c9ccccc9c8n7)c6)c5ccc43)cc21. The van der Waals surface area contributed by atoms with Gasteiger partial charge in [0.05, 0.1) is 45.0 Å². The first-order valence-electron chi connectivity index (χ1n) is 20.4. The second kappa shape index (κ2) is 11.7. The number of para-hydroxylation sites is 2. The van der Waals surface area contributed by atoms with Crippen molar-refractivity contribution in [2.45, 2.75) is 19.3 Å². The lowest BCUT2D eigenvalue weighted by atomic mass is 9.82. The molecule has 0 saturated heterocycles. The van der Waals surface area contributed by atoms with Gasteiger partial charge in [-0.1, -0.05) is 141 Å². The minimum Gasteiger partial charge on any atom is -0.309 e. The van der Waals surface area contributed by atoms with Crippen molar-refractivity contribution in [2.24, 2.45) is 0 Å². The molecular formula is C55H36N4. The molecule has 0 aliphatic heterocycles. The highest BCUT2D eigenvalue weighted by molar-refractivity contribution is 6.29. The van der Waals surface area contributed by atoms with Crippen LogP contribution in [0.4, 0.5) is 0 Å². The molecule has 3 heterocycles. The van der Waals surface area contributed by atoms with Crippen LogP contribution in [0.5, 0.6) is 0 Å². The number of aromatic nitrogens is 4. The molecule has 0 radical (unpaired) electrons. The minimum atomic E-state index is -0.0868. The van der Waals surface area contributed by atoms with Gasteiger partial charge in [0.15, 0.2) is 0 Å². The number of hydrogen-bond acceptors (Lipinski definition) is 2. The van der Waals surface area contributed by atoms with E-state index < -0.39 is 0 Å². The van der Waals surface area contributed by atoms with Crippen LogP contribution < -0.4 is 0 Å². The molecule has 9 aromatic carbocycles. The monoisotopic (exact) mass is 752 g/mol. The van der Waals surface area contributed by atoms with Gasteiger partial charge in [-0.3, -0.25) is 4.98 Å². The standard InChI is InChI=1S/C55H36N4/c1-55(2)44-23-10-7-18-38(44)39-27-26-35(31-45(39)55)59-48-25-12-9-22-43(48)52-50(59)29-28-49-51(52)42-21-8-11-24-47(42)58(49)34-15-13-14-33(30-34)46-32-56-53-40-19-5-3-16-36(40)37-17-4-6-20-41(37)54(53)57-46/h3-32H,1-2H3. The normalized spacial score (nSPS) is 13.4. The van der Waals surface area contributed by atoms with Crippen molar-refractivity contribution in [3.8, 4) is 33.8 Å². The summed E-state index contributed by atoms with van der Waals surface area (Å²) >= 11 is 0. The van der Waals surface area contributed by atoms with Gasteiger partial charge in [0.25, 0.3) is 0 Å². The van der Waals surface area contributed by atoms with Crippen molar-refractivity contribution in [3.63, 3.8) is 0 Å². The van der Waals surface area contributed by atoms with E-state index >= 15 is 0 Å². The minimum absolute atomic E-state index is 0.0868. The first-order valence-corrected chi connectivity index (χ1v) is 20.4. The first kappa shape index (κ1) is 32.5. The number of rotatable bonds is 3. The Labute approximate surface area is 340 Å². The zero-order chi connectivity index (χ0) is 39.0. The van der Waals surface area contributed by atoms with E-state index in [4.69, 9.17) is 9.97 Å². The summed E-state index contributed by atoms with van der Waals surface area (Å²) in [4.78, 5) is 10.4. The lowest BCUT2D eigenvalue weighted by Crippen LogP contribution is -2.15. The summed E-state index contributed by atoms with van der Waals surface area (Å²) in [5.74, 6) is 0. The third-order valence-corrected chi connectivity index (χ3v) is 13.1. The van der Waals surface area contributed by atoms with Crippen LogP contribution in [0, 0.1) is 0 Å². The molecule has 12 aromatic rings. The Kier molecular flexibility index (Phi) is 6.48. The van der Waals surface area contributed by atoms with Gasteiger partial charge >= 0.3 is 0 Å². The molecule has 0 N–H and O–H groups in total. The molecule has 0 atom stereocenters. The van der Waals surface area contributed by atoms with Gasteiger partial charge in [0, 0.05) is 54.7 Å². The molecule has 0 fully saturated rings. The lowest BCUT2D eigenvalue weighted by molar-refractivity contribution is 0.660. The predicted molar refractivity (Wildman–Crippen MR) is 246 cm³/mol. The Morgan fingerprint density at radius 1 is 0.407 bits per heavy atom. The van der Waals surface area contributed by atoms with Crippen molar-refractivity contribution in [2.75, 3.05) is 0 Å². The third-order valence-electron chi connectivity index (χ3n) is 13.1. The summed E-state index contributed by atoms with van der Waals surface area (Å²) in [5.41, 5.74) is 16.1. The van der Waals surface area contributed by atoms with Crippen LogP contribution in [0.15, 0.2) is 182 Å². The Bertz CT molecular complexity index is 3730. The fraction of sp³-hybridized carbons (Fsp3) is 0.0545. The summed E-state index contributed by atoms with van der Waals surface area (Å²) in [7, 11) is 0. The maximum Gasteiger partial charge on any atom is 0.0979 e. The van der Waals surface area contributed by atoms with E-state index in [1.807, 2.05) is 6.20 Å². The van der Waals surface area contributed by atoms with Crippen LogP contribution in [0.3, 0.4) is 0 Å². The summed E-state index contributed by atoms with van der Waals surface area (Å²) in [6, 6.07) is 64.2. The Morgan fingerprint density at radius 3 is 1.63 bits per heavy atom. The van der Waals surface area contributed by atoms with Crippen LogP contribution in [-0.2, 0) is 5.41 Å².